The highest BCUT2D eigenvalue weighted by molar-refractivity contribution is 7.89. The van der Waals surface area contributed by atoms with Crippen LogP contribution >= 0.6 is 11.6 Å². The number of anilines is 2. The monoisotopic (exact) mass is 527 g/mol. The molecule has 1 aromatic heterocycles. The molecule has 2 saturated heterocycles. The molecule has 192 valence electrons. The molecule has 4 rings (SSSR count). The number of hydrogen-bond acceptors (Lipinski definition) is 7. The normalized spacial score (nSPS) is 17.7. The molecule has 0 N–H and O–H groups in total. The van der Waals surface area contributed by atoms with E-state index in [0.717, 1.165) is 6.42 Å². The van der Waals surface area contributed by atoms with Gasteiger partial charge in [-0.2, -0.15) is 9.40 Å². The average molecular weight is 528 g/mol. The minimum Gasteiger partial charge on any atom is -0.378 e. The first-order valence-corrected chi connectivity index (χ1v) is 13.9. The third-order valence-electron chi connectivity index (χ3n) is 6.42. The zero-order valence-electron chi connectivity index (χ0n) is 19.8. The van der Waals surface area contributed by atoms with Crippen molar-refractivity contribution in [3.63, 3.8) is 0 Å². The van der Waals surface area contributed by atoms with E-state index in [1.807, 2.05) is 16.7 Å². The van der Waals surface area contributed by atoms with Gasteiger partial charge in [0.1, 0.15) is 11.5 Å². The van der Waals surface area contributed by atoms with Gasteiger partial charge in [-0.1, -0.05) is 31.0 Å². The van der Waals surface area contributed by atoms with Crippen LogP contribution in [0.1, 0.15) is 25.3 Å². The number of sulfonamides is 1. The maximum atomic E-state index is 14.4. The lowest BCUT2D eigenvalue weighted by Gasteiger charge is -2.38. The van der Waals surface area contributed by atoms with Crippen LogP contribution in [0.25, 0.3) is 0 Å². The number of rotatable bonds is 8. The lowest BCUT2D eigenvalue weighted by molar-refractivity contribution is 0.122. The highest BCUT2D eigenvalue weighted by Crippen LogP contribution is 2.28. The Balaban J connectivity index is 1.62. The Morgan fingerprint density at radius 1 is 1.09 bits per heavy atom. The van der Waals surface area contributed by atoms with Crippen molar-refractivity contribution < 1.29 is 17.5 Å². The van der Waals surface area contributed by atoms with E-state index >= 15 is 0 Å². The number of halogens is 2. The predicted molar refractivity (Wildman–Crippen MR) is 135 cm³/mol. The Labute approximate surface area is 210 Å². The molecule has 0 radical (unpaired) electrons. The van der Waals surface area contributed by atoms with Crippen LogP contribution in [0.15, 0.2) is 29.2 Å². The Hall–Kier alpha value is -2.21. The summed E-state index contributed by atoms with van der Waals surface area (Å²) in [7, 11) is -3.29. The Kier molecular flexibility index (Phi) is 8.31. The molecule has 0 bridgehead atoms. The first-order valence-electron chi connectivity index (χ1n) is 11.9. The van der Waals surface area contributed by atoms with Gasteiger partial charge in [-0.15, -0.1) is 0 Å². The summed E-state index contributed by atoms with van der Waals surface area (Å²) >= 11 is 6.18. The molecule has 9 nitrogen and oxygen atoms in total. The second-order valence-corrected chi connectivity index (χ2v) is 11.2. The highest BCUT2D eigenvalue weighted by atomic mass is 35.5. The summed E-state index contributed by atoms with van der Waals surface area (Å²) < 4.78 is 47.8. The standard InChI is InChI=1S/C23H31ClFN5O4S/c1-2-3-15-35(32,33)29-9-7-27(8-10-29)21-16-26-30(17-18-19(24)5-4-6-20(18)25)23(31)22(21)28-11-13-34-14-12-28/h4-6,16H,2-3,7-15,17H2,1H3. The van der Waals surface area contributed by atoms with Gasteiger partial charge in [-0.3, -0.25) is 4.79 Å². The summed E-state index contributed by atoms with van der Waals surface area (Å²) in [6, 6.07) is 4.40. The third kappa shape index (κ3) is 5.79. The van der Waals surface area contributed by atoms with Crippen LogP contribution in [-0.2, 0) is 21.3 Å². The first-order chi connectivity index (χ1) is 16.8. The average Bonchev–Trinajstić information content (AvgIpc) is 2.86. The lowest BCUT2D eigenvalue weighted by atomic mass is 10.2. The molecule has 0 amide bonds. The number of aromatic nitrogens is 2. The van der Waals surface area contributed by atoms with Crippen molar-refractivity contribution >= 4 is 33.0 Å². The van der Waals surface area contributed by atoms with Crippen molar-refractivity contribution in [1.82, 2.24) is 14.1 Å². The fourth-order valence-electron chi connectivity index (χ4n) is 4.39. The number of benzene rings is 1. The van der Waals surface area contributed by atoms with Gasteiger partial charge in [0.25, 0.3) is 5.56 Å². The Morgan fingerprint density at radius 2 is 1.80 bits per heavy atom. The van der Waals surface area contributed by atoms with Gasteiger partial charge in [0.15, 0.2) is 0 Å². The molecule has 2 aliphatic rings. The molecule has 12 heteroatoms. The van der Waals surface area contributed by atoms with E-state index in [9.17, 15) is 17.6 Å². The van der Waals surface area contributed by atoms with E-state index in [4.69, 9.17) is 16.3 Å². The number of morpholine rings is 1. The van der Waals surface area contributed by atoms with Gasteiger partial charge in [-0.05, 0) is 18.6 Å². The quantitative estimate of drug-likeness (QED) is 0.520. The number of ether oxygens (including phenoxy) is 1. The summed E-state index contributed by atoms with van der Waals surface area (Å²) in [6.45, 7) is 5.54. The molecule has 0 saturated carbocycles. The molecule has 2 aliphatic heterocycles. The molecule has 0 aliphatic carbocycles. The minimum atomic E-state index is -3.29. The maximum absolute atomic E-state index is 14.4. The van der Waals surface area contributed by atoms with Crippen LogP contribution < -0.4 is 15.4 Å². The van der Waals surface area contributed by atoms with Crippen LogP contribution in [0, 0.1) is 5.82 Å². The first kappa shape index (κ1) is 25.9. The van der Waals surface area contributed by atoms with Crippen LogP contribution in [-0.4, -0.2) is 80.7 Å². The number of piperazine rings is 1. The van der Waals surface area contributed by atoms with Gasteiger partial charge in [0.05, 0.1) is 37.4 Å². The van der Waals surface area contributed by atoms with E-state index in [1.165, 1.54) is 21.1 Å². The van der Waals surface area contributed by atoms with Gasteiger partial charge < -0.3 is 14.5 Å². The zero-order chi connectivity index (χ0) is 25.0. The largest absolute Gasteiger partial charge is 0.378 e. The van der Waals surface area contributed by atoms with Crippen molar-refractivity contribution in [3.8, 4) is 0 Å². The molecule has 2 fully saturated rings. The van der Waals surface area contributed by atoms with Gasteiger partial charge in [-0.25, -0.2) is 17.5 Å². The summed E-state index contributed by atoms with van der Waals surface area (Å²) in [5, 5.41) is 4.57. The van der Waals surface area contributed by atoms with Gasteiger partial charge in [0.2, 0.25) is 10.0 Å². The minimum absolute atomic E-state index is 0.0919. The van der Waals surface area contributed by atoms with Crippen molar-refractivity contribution in [2.45, 2.75) is 26.3 Å². The van der Waals surface area contributed by atoms with Crippen molar-refractivity contribution in [1.29, 1.82) is 0 Å². The summed E-state index contributed by atoms with van der Waals surface area (Å²) in [5.41, 5.74) is 0.980. The van der Waals surface area contributed by atoms with E-state index in [-0.39, 0.29) is 28.4 Å². The van der Waals surface area contributed by atoms with Crippen molar-refractivity contribution in [2.24, 2.45) is 0 Å². The van der Waals surface area contributed by atoms with Crippen LogP contribution in [0.4, 0.5) is 15.8 Å². The van der Waals surface area contributed by atoms with E-state index in [1.54, 1.807) is 12.3 Å². The van der Waals surface area contributed by atoms with Crippen LogP contribution in [0.3, 0.4) is 0 Å². The smallest absolute Gasteiger partial charge is 0.292 e. The third-order valence-corrected chi connectivity index (χ3v) is 8.74. The molecule has 0 spiro atoms. The fraction of sp³-hybridized carbons (Fsp3) is 0.565. The van der Waals surface area contributed by atoms with E-state index < -0.39 is 15.8 Å². The zero-order valence-corrected chi connectivity index (χ0v) is 21.4. The van der Waals surface area contributed by atoms with E-state index in [0.29, 0.717) is 70.3 Å². The van der Waals surface area contributed by atoms with Crippen LogP contribution in [0.2, 0.25) is 5.02 Å². The molecular formula is C23H31ClFN5O4S. The lowest BCUT2D eigenvalue weighted by Crippen LogP contribution is -2.50. The molecule has 2 aromatic rings. The molecular weight excluding hydrogens is 497 g/mol. The molecule has 0 atom stereocenters. The van der Waals surface area contributed by atoms with E-state index in [2.05, 4.69) is 5.10 Å². The maximum Gasteiger partial charge on any atom is 0.292 e. The predicted octanol–water partition coefficient (Wildman–Crippen LogP) is 2.17. The molecule has 1 aromatic carbocycles. The molecule has 3 heterocycles. The van der Waals surface area contributed by atoms with Crippen molar-refractivity contribution in [2.75, 3.05) is 68.0 Å². The summed E-state index contributed by atoms with van der Waals surface area (Å²) in [5.74, 6) is -0.345. The number of nitrogens with zero attached hydrogens (tertiary/aromatic N) is 5. The Morgan fingerprint density at radius 3 is 2.46 bits per heavy atom. The number of hydrogen-bond donors (Lipinski definition) is 0. The summed E-state index contributed by atoms with van der Waals surface area (Å²) in [6.07, 6.45) is 3.07. The van der Waals surface area contributed by atoms with Gasteiger partial charge >= 0.3 is 0 Å². The topological polar surface area (TPSA) is 88.0 Å². The number of unbranched alkanes of at least 4 members (excludes halogenated alkanes) is 1. The second kappa shape index (κ2) is 11.2. The molecule has 35 heavy (non-hydrogen) atoms. The fourth-order valence-corrected chi connectivity index (χ4v) is 6.25. The SMILES string of the molecule is CCCCS(=O)(=O)N1CCN(c2cnn(Cc3c(F)cccc3Cl)c(=O)c2N2CCOCC2)CC1. The Bertz CT molecular complexity index is 1170. The van der Waals surface area contributed by atoms with Crippen molar-refractivity contribution in [3.05, 3.63) is 51.2 Å². The summed E-state index contributed by atoms with van der Waals surface area (Å²) in [4.78, 5) is 17.6. The second-order valence-electron chi connectivity index (χ2n) is 8.70. The molecule has 0 unspecified atom stereocenters. The highest BCUT2D eigenvalue weighted by Gasteiger charge is 2.30. The van der Waals surface area contributed by atoms with Crippen LogP contribution in [0.5, 0.6) is 0 Å². The van der Waals surface area contributed by atoms with Gasteiger partial charge in [0, 0.05) is 49.9 Å².